The molecule has 4 N–H and O–H groups in total. The number of carbonyl (C=O) groups is 3. The maximum Gasteiger partial charge on any atom is 0.412 e. The SMILES string of the molecule is NC(=O)OC(=O)c1ccc(NC(=O)C2NCCc3ccccc32)cc1. The van der Waals surface area contributed by atoms with E-state index in [1.165, 1.54) is 12.1 Å². The van der Waals surface area contributed by atoms with Gasteiger partial charge in [-0.05, 0) is 41.8 Å². The third kappa shape index (κ3) is 3.84. The van der Waals surface area contributed by atoms with Crippen molar-refractivity contribution in [1.82, 2.24) is 5.32 Å². The Bertz CT molecular complexity index is 817. The summed E-state index contributed by atoms with van der Waals surface area (Å²) in [6.45, 7) is 0.729. The quantitative estimate of drug-likeness (QED) is 0.583. The molecule has 0 radical (unpaired) electrons. The second-order valence-corrected chi connectivity index (χ2v) is 5.61. The number of rotatable bonds is 3. The van der Waals surface area contributed by atoms with Gasteiger partial charge in [0.15, 0.2) is 0 Å². The lowest BCUT2D eigenvalue weighted by Gasteiger charge is -2.26. The number of hydrogen-bond acceptors (Lipinski definition) is 5. The number of nitrogens with one attached hydrogen (secondary N) is 2. The highest BCUT2D eigenvalue weighted by Gasteiger charge is 2.25. The molecule has 2 aromatic rings. The third-order valence-electron chi connectivity index (χ3n) is 3.95. The van der Waals surface area contributed by atoms with E-state index in [1.54, 1.807) is 12.1 Å². The highest BCUT2D eigenvalue weighted by Crippen LogP contribution is 2.24. The van der Waals surface area contributed by atoms with Gasteiger partial charge in [0.2, 0.25) is 5.91 Å². The van der Waals surface area contributed by atoms with Crippen LogP contribution in [0.5, 0.6) is 0 Å². The molecule has 7 nitrogen and oxygen atoms in total. The number of carbonyl (C=O) groups excluding carboxylic acids is 3. The summed E-state index contributed by atoms with van der Waals surface area (Å²) < 4.78 is 4.29. The Kier molecular flexibility index (Phi) is 4.76. The predicted octanol–water partition coefficient (Wildman–Crippen LogP) is 1.75. The van der Waals surface area contributed by atoms with Gasteiger partial charge in [-0.15, -0.1) is 0 Å². The molecule has 0 fully saturated rings. The molecule has 0 bridgehead atoms. The van der Waals surface area contributed by atoms with Crippen LogP contribution in [0.25, 0.3) is 0 Å². The van der Waals surface area contributed by atoms with Crippen molar-refractivity contribution in [2.45, 2.75) is 12.5 Å². The molecule has 3 rings (SSSR count). The van der Waals surface area contributed by atoms with Crippen molar-refractivity contribution in [1.29, 1.82) is 0 Å². The molecule has 0 aliphatic carbocycles. The normalized spacial score (nSPS) is 15.8. The fourth-order valence-corrected chi connectivity index (χ4v) is 2.79. The molecule has 1 unspecified atom stereocenters. The van der Waals surface area contributed by atoms with Gasteiger partial charge in [-0.1, -0.05) is 24.3 Å². The molecule has 128 valence electrons. The van der Waals surface area contributed by atoms with Gasteiger partial charge in [-0.2, -0.15) is 0 Å². The predicted molar refractivity (Wildman–Crippen MR) is 91.0 cm³/mol. The Hall–Kier alpha value is -3.19. The number of primary amides is 1. The van der Waals surface area contributed by atoms with Crippen molar-refractivity contribution in [2.24, 2.45) is 5.73 Å². The highest BCUT2D eigenvalue weighted by molar-refractivity contribution is 5.98. The minimum Gasteiger partial charge on any atom is -0.373 e. The van der Waals surface area contributed by atoms with Gasteiger partial charge in [-0.25, -0.2) is 9.59 Å². The maximum absolute atomic E-state index is 12.6. The zero-order chi connectivity index (χ0) is 17.8. The average molecular weight is 339 g/mol. The van der Waals surface area contributed by atoms with E-state index in [0.717, 1.165) is 24.1 Å². The third-order valence-corrected chi connectivity index (χ3v) is 3.95. The first-order valence-corrected chi connectivity index (χ1v) is 7.78. The Balaban J connectivity index is 1.70. The first-order valence-electron chi connectivity index (χ1n) is 7.78. The zero-order valence-electron chi connectivity index (χ0n) is 13.3. The van der Waals surface area contributed by atoms with Crippen molar-refractivity contribution in [3.05, 3.63) is 65.2 Å². The molecule has 0 spiro atoms. The second kappa shape index (κ2) is 7.14. The average Bonchev–Trinajstić information content (AvgIpc) is 2.61. The van der Waals surface area contributed by atoms with Crippen LogP contribution < -0.4 is 16.4 Å². The summed E-state index contributed by atoms with van der Waals surface area (Å²) >= 11 is 0. The Morgan fingerprint density at radius 3 is 2.52 bits per heavy atom. The molecule has 0 saturated heterocycles. The van der Waals surface area contributed by atoms with Crippen LogP contribution in [0.1, 0.15) is 27.5 Å². The summed E-state index contributed by atoms with van der Waals surface area (Å²) in [5.74, 6) is -1.02. The van der Waals surface area contributed by atoms with E-state index < -0.39 is 18.1 Å². The summed E-state index contributed by atoms with van der Waals surface area (Å²) in [4.78, 5) is 34.7. The van der Waals surface area contributed by atoms with Crippen molar-refractivity contribution >= 4 is 23.7 Å². The van der Waals surface area contributed by atoms with E-state index in [4.69, 9.17) is 5.73 Å². The number of fused-ring (bicyclic) bond motifs is 1. The molecule has 1 atom stereocenters. The number of hydrogen-bond donors (Lipinski definition) is 3. The van der Waals surface area contributed by atoms with E-state index in [1.807, 2.05) is 24.3 Å². The Morgan fingerprint density at radius 2 is 1.80 bits per heavy atom. The number of ether oxygens (including phenoxy) is 1. The van der Waals surface area contributed by atoms with Gasteiger partial charge >= 0.3 is 12.1 Å². The molecule has 2 aromatic carbocycles. The van der Waals surface area contributed by atoms with Crippen LogP contribution in [0.2, 0.25) is 0 Å². The van der Waals surface area contributed by atoms with Crippen LogP contribution in [0.15, 0.2) is 48.5 Å². The lowest BCUT2D eigenvalue weighted by atomic mass is 9.94. The van der Waals surface area contributed by atoms with Crippen molar-refractivity contribution in [3.63, 3.8) is 0 Å². The van der Waals surface area contributed by atoms with E-state index >= 15 is 0 Å². The number of benzene rings is 2. The van der Waals surface area contributed by atoms with Crippen molar-refractivity contribution in [2.75, 3.05) is 11.9 Å². The number of anilines is 1. The molecule has 2 amide bonds. The summed E-state index contributed by atoms with van der Waals surface area (Å²) in [5.41, 5.74) is 7.62. The second-order valence-electron chi connectivity index (χ2n) is 5.61. The van der Waals surface area contributed by atoms with Crippen molar-refractivity contribution < 1.29 is 19.1 Å². The van der Waals surface area contributed by atoms with Crippen molar-refractivity contribution in [3.8, 4) is 0 Å². The summed E-state index contributed by atoms with van der Waals surface area (Å²) in [6, 6.07) is 13.4. The minimum atomic E-state index is -1.16. The van der Waals surface area contributed by atoms with Crippen LogP contribution in [-0.4, -0.2) is 24.5 Å². The minimum absolute atomic E-state index is 0.165. The fraction of sp³-hybridized carbons (Fsp3) is 0.167. The Labute approximate surface area is 144 Å². The first kappa shape index (κ1) is 16.7. The molecule has 25 heavy (non-hydrogen) atoms. The van der Waals surface area contributed by atoms with Gasteiger partial charge in [0.25, 0.3) is 0 Å². The van der Waals surface area contributed by atoms with E-state index in [-0.39, 0.29) is 11.5 Å². The summed E-state index contributed by atoms with van der Waals surface area (Å²) in [6.07, 6.45) is -0.277. The molecular formula is C18H17N3O4. The van der Waals surface area contributed by atoms with Gasteiger partial charge < -0.3 is 21.1 Å². The van der Waals surface area contributed by atoms with Crippen LogP contribution in [-0.2, 0) is 16.0 Å². The van der Waals surface area contributed by atoms with Gasteiger partial charge in [-0.3, -0.25) is 4.79 Å². The topological polar surface area (TPSA) is 111 Å². The fourth-order valence-electron chi connectivity index (χ4n) is 2.79. The Morgan fingerprint density at radius 1 is 1.08 bits per heavy atom. The number of nitrogens with two attached hydrogens (primary N) is 1. The molecule has 1 heterocycles. The lowest BCUT2D eigenvalue weighted by Crippen LogP contribution is -2.38. The van der Waals surface area contributed by atoms with Crippen LogP contribution in [0.4, 0.5) is 10.5 Å². The zero-order valence-corrected chi connectivity index (χ0v) is 13.3. The molecule has 0 saturated carbocycles. The van der Waals surface area contributed by atoms with Gasteiger partial charge in [0, 0.05) is 12.2 Å². The summed E-state index contributed by atoms with van der Waals surface area (Å²) in [7, 11) is 0. The first-order chi connectivity index (χ1) is 12.0. The van der Waals surface area contributed by atoms with E-state index in [9.17, 15) is 14.4 Å². The number of amides is 2. The van der Waals surface area contributed by atoms with E-state index in [2.05, 4.69) is 15.4 Å². The largest absolute Gasteiger partial charge is 0.412 e. The van der Waals surface area contributed by atoms with Crippen LogP contribution in [0.3, 0.4) is 0 Å². The molecule has 1 aliphatic rings. The van der Waals surface area contributed by atoms with E-state index in [0.29, 0.717) is 5.69 Å². The molecule has 7 heteroatoms. The standard InChI is InChI=1S/C18H17N3O4/c19-18(24)25-17(23)12-5-7-13(8-6-12)21-16(22)15-14-4-2-1-3-11(14)9-10-20-15/h1-8,15,20H,9-10H2,(H2,19,24)(H,21,22). The monoisotopic (exact) mass is 339 g/mol. The van der Waals surface area contributed by atoms with Gasteiger partial charge in [0.05, 0.1) is 5.56 Å². The molecular weight excluding hydrogens is 322 g/mol. The maximum atomic E-state index is 12.6. The highest BCUT2D eigenvalue weighted by atomic mass is 16.6. The van der Waals surface area contributed by atoms with Crippen LogP contribution >= 0.6 is 0 Å². The van der Waals surface area contributed by atoms with Crippen LogP contribution in [0, 0.1) is 0 Å². The van der Waals surface area contributed by atoms with Gasteiger partial charge in [0.1, 0.15) is 6.04 Å². The lowest BCUT2D eigenvalue weighted by molar-refractivity contribution is -0.118. The smallest absolute Gasteiger partial charge is 0.373 e. The summed E-state index contributed by atoms with van der Waals surface area (Å²) in [5, 5.41) is 6.02. The number of esters is 1. The molecule has 1 aliphatic heterocycles. The molecule has 0 aromatic heterocycles.